The monoisotopic (exact) mass is 377 g/mol. The number of hydrogen-bond donors (Lipinski definition) is 3. The maximum atomic E-state index is 12.1. The average molecular weight is 377 g/mol. The number of carbonyl (C=O) groups is 1. The molecule has 0 saturated carbocycles. The van der Waals surface area contributed by atoms with Gasteiger partial charge in [-0.3, -0.25) is 4.79 Å². The Kier molecular flexibility index (Phi) is 7.52. The molecule has 0 radical (unpaired) electrons. The number of ether oxygens (including phenoxy) is 2. The van der Waals surface area contributed by atoms with Gasteiger partial charge in [-0.1, -0.05) is 0 Å². The van der Waals surface area contributed by atoms with Gasteiger partial charge in [-0.05, 0) is 24.3 Å². The van der Waals surface area contributed by atoms with Gasteiger partial charge in [-0.15, -0.1) is 0 Å². The van der Waals surface area contributed by atoms with Crippen molar-refractivity contribution in [2.24, 2.45) is 0 Å². The molecule has 0 unspecified atom stereocenters. The van der Waals surface area contributed by atoms with E-state index in [0.717, 1.165) is 49.1 Å². The molecule has 3 N–H and O–H groups in total. The molecule has 2 rings (SSSR count). The third kappa shape index (κ3) is 7.49. The Morgan fingerprint density at radius 2 is 1.65 bits per heavy atom. The topological polar surface area (TPSA) is 56.4 Å². The van der Waals surface area contributed by atoms with Crippen LogP contribution in [-0.2, 0) is 4.79 Å². The summed E-state index contributed by atoms with van der Waals surface area (Å²) in [5.74, 6) is 1.01. The van der Waals surface area contributed by atoms with Crippen molar-refractivity contribution in [2.45, 2.75) is 6.18 Å². The number of rotatable bonds is 8. The molecule has 0 aliphatic carbocycles. The van der Waals surface area contributed by atoms with E-state index in [2.05, 4.69) is 0 Å². The molecule has 146 valence electrons. The summed E-state index contributed by atoms with van der Waals surface area (Å²) in [6.07, 6.45) is -4.36. The molecule has 0 spiro atoms. The number of piperazine rings is 1. The van der Waals surface area contributed by atoms with Crippen LogP contribution in [0.2, 0.25) is 0 Å². The van der Waals surface area contributed by atoms with Crippen molar-refractivity contribution in [2.75, 3.05) is 59.5 Å². The van der Waals surface area contributed by atoms with Gasteiger partial charge in [0, 0.05) is 0 Å². The maximum absolute atomic E-state index is 12.1. The SMILES string of the molecule is COc1ccc(OCC[NH+]2CC[NH+](CC(=O)NCC(F)(F)F)CC2)cc1. The highest BCUT2D eigenvalue weighted by atomic mass is 19.4. The Morgan fingerprint density at radius 1 is 1.08 bits per heavy atom. The van der Waals surface area contributed by atoms with Gasteiger partial charge < -0.3 is 24.6 Å². The molecule has 1 aromatic rings. The van der Waals surface area contributed by atoms with Crippen molar-refractivity contribution >= 4 is 5.91 Å². The summed E-state index contributed by atoms with van der Waals surface area (Å²) >= 11 is 0. The van der Waals surface area contributed by atoms with Crippen LogP contribution in [0.5, 0.6) is 11.5 Å². The zero-order chi connectivity index (χ0) is 19.0. The van der Waals surface area contributed by atoms with Crippen LogP contribution in [0.3, 0.4) is 0 Å². The van der Waals surface area contributed by atoms with Gasteiger partial charge >= 0.3 is 6.18 Å². The molecule has 1 aliphatic heterocycles. The molecule has 0 bridgehead atoms. The number of amides is 1. The standard InChI is InChI=1S/C17H24F3N3O3/c1-25-14-2-4-15(5-3-14)26-11-10-22-6-8-23(9-7-22)12-16(24)21-13-17(18,19)20/h2-5H,6-13H2,1H3,(H,21,24)/p+2. The quantitative estimate of drug-likeness (QED) is 0.519. The van der Waals surface area contributed by atoms with Crippen molar-refractivity contribution in [3.05, 3.63) is 24.3 Å². The minimum absolute atomic E-state index is 0.0890. The number of halogens is 3. The molecular formula is C17H26F3N3O3+2. The van der Waals surface area contributed by atoms with Gasteiger partial charge in [0.1, 0.15) is 57.4 Å². The van der Waals surface area contributed by atoms with Crippen molar-refractivity contribution in [1.82, 2.24) is 5.32 Å². The summed E-state index contributed by atoms with van der Waals surface area (Å²) in [6, 6.07) is 7.40. The van der Waals surface area contributed by atoms with Crippen molar-refractivity contribution in [3.63, 3.8) is 0 Å². The van der Waals surface area contributed by atoms with Crippen LogP contribution in [0.15, 0.2) is 24.3 Å². The summed E-state index contributed by atoms with van der Waals surface area (Å²) < 4.78 is 47.0. The Balaban J connectivity index is 1.60. The predicted molar refractivity (Wildman–Crippen MR) is 88.7 cm³/mol. The second kappa shape index (κ2) is 9.63. The maximum Gasteiger partial charge on any atom is 0.405 e. The highest BCUT2D eigenvalue weighted by Crippen LogP contribution is 2.16. The smallest absolute Gasteiger partial charge is 0.405 e. The lowest BCUT2D eigenvalue weighted by atomic mass is 10.3. The van der Waals surface area contributed by atoms with E-state index in [0.29, 0.717) is 6.61 Å². The molecule has 1 heterocycles. The summed E-state index contributed by atoms with van der Waals surface area (Å²) in [4.78, 5) is 13.9. The number of carbonyl (C=O) groups excluding carboxylic acids is 1. The molecule has 1 amide bonds. The molecule has 26 heavy (non-hydrogen) atoms. The van der Waals surface area contributed by atoms with Crippen LogP contribution in [0.25, 0.3) is 0 Å². The fraction of sp³-hybridized carbons (Fsp3) is 0.588. The molecule has 0 atom stereocenters. The van der Waals surface area contributed by atoms with Crippen molar-refractivity contribution < 1.29 is 37.2 Å². The number of quaternary nitrogens is 2. The summed E-state index contributed by atoms with van der Waals surface area (Å²) in [6.45, 7) is 3.52. The zero-order valence-corrected chi connectivity index (χ0v) is 14.8. The second-order valence-electron chi connectivity index (χ2n) is 6.34. The number of methoxy groups -OCH3 is 1. The first-order valence-electron chi connectivity index (χ1n) is 8.63. The van der Waals surface area contributed by atoms with Crippen LogP contribution < -0.4 is 24.6 Å². The van der Waals surface area contributed by atoms with Crippen LogP contribution >= 0.6 is 0 Å². The van der Waals surface area contributed by atoms with Gasteiger partial charge in [0.2, 0.25) is 0 Å². The molecule has 6 nitrogen and oxygen atoms in total. The Bertz CT molecular complexity index is 559. The number of nitrogens with one attached hydrogen (secondary N) is 3. The molecule has 1 fully saturated rings. The molecular weight excluding hydrogens is 351 g/mol. The number of hydrogen-bond acceptors (Lipinski definition) is 3. The van der Waals surface area contributed by atoms with E-state index < -0.39 is 18.6 Å². The van der Waals surface area contributed by atoms with E-state index in [1.54, 1.807) is 7.11 Å². The molecule has 1 aliphatic rings. The summed E-state index contributed by atoms with van der Waals surface area (Å²) in [5, 5.41) is 1.92. The third-order valence-electron chi connectivity index (χ3n) is 4.34. The Morgan fingerprint density at radius 3 is 2.23 bits per heavy atom. The van der Waals surface area contributed by atoms with E-state index in [-0.39, 0.29) is 6.54 Å². The van der Waals surface area contributed by atoms with Crippen LogP contribution in [0.4, 0.5) is 13.2 Å². The molecule has 0 aromatic heterocycles. The van der Waals surface area contributed by atoms with Gasteiger partial charge in [0.25, 0.3) is 5.91 Å². The Hall–Kier alpha value is -2.00. The molecule has 1 saturated heterocycles. The molecule has 1 aromatic carbocycles. The zero-order valence-electron chi connectivity index (χ0n) is 14.8. The van der Waals surface area contributed by atoms with Crippen LogP contribution in [-0.4, -0.2) is 71.6 Å². The normalized spacial score (nSPS) is 20.5. The van der Waals surface area contributed by atoms with Crippen molar-refractivity contribution in [3.8, 4) is 11.5 Å². The number of alkyl halides is 3. The van der Waals surface area contributed by atoms with Gasteiger partial charge in [0.05, 0.1) is 7.11 Å². The average Bonchev–Trinajstić information content (AvgIpc) is 2.61. The van der Waals surface area contributed by atoms with E-state index in [4.69, 9.17) is 9.47 Å². The molecule has 9 heteroatoms. The van der Waals surface area contributed by atoms with Gasteiger partial charge in [-0.25, -0.2) is 0 Å². The lowest BCUT2D eigenvalue weighted by Crippen LogP contribution is -3.28. The summed E-state index contributed by atoms with van der Waals surface area (Å²) in [7, 11) is 1.61. The lowest BCUT2D eigenvalue weighted by molar-refractivity contribution is -1.01. The predicted octanol–water partition coefficient (Wildman–Crippen LogP) is -1.46. The van der Waals surface area contributed by atoms with Gasteiger partial charge in [0.15, 0.2) is 6.54 Å². The fourth-order valence-corrected chi connectivity index (χ4v) is 2.86. The van der Waals surface area contributed by atoms with Crippen LogP contribution in [0.1, 0.15) is 0 Å². The van der Waals surface area contributed by atoms with E-state index >= 15 is 0 Å². The first-order chi connectivity index (χ1) is 12.4. The lowest BCUT2D eigenvalue weighted by Gasteiger charge is -2.29. The second-order valence-corrected chi connectivity index (χ2v) is 6.34. The summed E-state index contributed by atoms with van der Waals surface area (Å²) in [5.41, 5.74) is 0. The Labute approximate surface area is 150 Å². The first kappa shape index (κ1) is 20.3. The van der Waals surface area contributed by atoms with E-state index in [1.165, 1.54) is 4.90 Å². The minimum atomic E-state index is -4.36. The highest BCUT2D eigenvalue weighted by Gasteiger charge is 2.29. The van der Waals surface area contributed by atoms with E-state index in [9.17, 15) is 18.0 Å². The van der Waals surface area contributed by atoms with Crippen molar-refractivity contribution in [1.29, 1.82) is 0 Å². The van der Waals surface area contributed by atoms with E-state index in [1.807, 2.05) is 29.6 Å². The van der Waals surface area contributed by atoms with Gasteiger partial charge in [-0.2, -0.15) is 13.2 Å². The fourth-order valence-electron chi connectivity index (χ4n) is 2.86. The third-order valence-corrected chi connectivity index (χ3v) is 4.34. The van der Waals surface area contributed by atoms with Crippen LogP contribution in [0, 0.1) is 0 Å². The minimum Gasteiger partial charge on any atom is -0.497 e. The number of benzene rings is 1. The first-order valence-corrected chi connectivity index (χ1v) is 8.63. The largest absolute Gasteiger partial charge is 0.497 e. The highest BCUT2D eigenvalue weighted by molar-refractivity contribution is 5.76.